The van der Waals surface area contributed by atoms with Crippen LogP contribution >= 0.6 is 0 Å². The zero-order valence-corrected chi connectivity index (χ0v) is 12.3. The summed E-state index contributed by atoms with van der Waals surface area (Å²) in [5.41, 5.74) is 1.88. The Hall–Kier alpha value is -1.37. The van der Waals surface area contributed by atoms with Crippen molar-refractivity contribution < 1.29 is 13.2 Å². The standard InChI is InChI=1S/C12H19N3O3S/c1-9-11(7-15(3)13-9)6-14(2)12(16)10-4-5-19(17,18)8-10/h7,10H,4-6,8H2,1-3H3/t10-/m1/s1. The number of nitrogens with zero attached hydrogens (tertiary/aromatic N) is 3. The normalized spacial score (nSPS) is 21.5. The lowest BCUT2D eigenvalue weighted by molar-refractivity contribution is -0.133. The van der Waals surface area contributed by atoms with Crippen molar-refractivity contribution in [1.82, 2.24) is 14.7 Å². The Bertz CT molecular complexity index is 591. The van der Waals surface area contributed by atoms with E-state index in [-0.39, 0.29) is 23.3 Å². The molecule has 2 heterocycles. The van der Waals surface area contributed by atoms with E-state index >= 15 is 0 Å². The van der Waals surface area contributed by atoms with Crippen LogP contribution in [0, 0.1) is 12.8 Å². The molecule has 1 saturated heterocycles. The van der Waals surface area contributed by atoms with Gasteiger partial charge in [-0.2, -0.15) is 5.10 Å². The lowest BCUT2D eigenvalue weighted by atomic mass is 10.1. The number of hydrogen-bond acceptors (Lipinski definition) is 4. The van der Waals surface area contributed by atoms with E-state index in [9.17, 15) is 13.2 Å². The SMILES string of the molecule is Cc1nn(C)cc1CN(C)C(=O)[C@@H]1CCS(=O)(=O)C1. The maximum Gasteiger partial charge on any atom is 0.226 e. The lowest BCUT2D eigenvalue weighted by Gasteiger charge is -2.20. The van der Waals surface area contributed by atoms with Gasteiger partial charge in [0.2, 0.25) is 5.91 Å². The number of aryl methyl sites for hydroxylation is 2. The molecule has 19 heavy (non-hydrogen) atoms. The molecule has 0 saturated carbocycles. The molecule has 1 aliphatic heterocycles. The van der Waals surface area contributed by atoms with Gasteiger partial charge in [-0.25, -0.2) is 8.42 Å². The van der Waals surface area contributed by atoms with Gasteiger partial charge in [-0.15, -0.1) is 0 Å². The molecule has 1 aromatic heterocycles. The Morgan fingerprint density at radius 3 is 2.74 bits per heavy atom. The number of carbonyl (C=O) groups excluding carboxylic acids is 1. The van der Waals surface area contributed by atoms with Crippen LogP contribution in [0.4, 0.5) is 0 Å². The number of aromatic nitrogens is 2. The lowest BCUT2D eigenvalue weighted by Crippen LogP contribution is -2.33. The summed E-state index contributed by atoms with van der Waals surface area (Å²) in [6.07, 6.45) is 2.32. The average Bonchev–Trinajstić information content (AvgIpc) is 2.81. The molecule has 1 fully saturated rings. The second-order valence-corrected chi connectivity index (χ2v) is 7.44. The molecule has 1 amide bonds. The van der Waals surface area contributed by atoms with E-state index in [2.05, 4.69) is 5.10 Å². The molecular weight excluding hydrogens is 266 g/mol. The molecule has 0 bridgehead atoms. The average molecular weight is 285 g/mol. The highest BCUT2D eigenvalue weighted by atomic mass is 32.2. The van der Waals surface area contributed by atoms with Crippen molar-refractivity contribution in [2.75, 3.05) is 18.6 Å². The molecule has 0 N–H and O–H groups in total. The van der Waals surface area contributed by atoms with Crippen molar-refractivity contribution in [2.24, 2.45) is 13.0 Å². The zero-order chi connectivity index (χ0) is 14.2. The fraction of sp³-hybridized carbons (Fsp3) is 0.667. The summed E-state index contributed by atoms with van der Waals surface area (Å²) in [7, 11) is 0.528. The Morgan fingerprint density at radius 1 is 1.58 bits per heavy atom. The largest absolute Gasteiger partial charge is 0.341 e. The van der Waals surface area contributed by atoms with E-state index < -0.39 is 9.84 Å². The highest BCUT2D eigenvalue weighted by Crippen LogP contribution is 2.21. The van der Waals surface area contributed by atoms with E-state index in [1.54, 1.807) is 16.6 Å². The highest BCUT2D eigenvalue weighted by molar-refractivity contribution is 7.91. The van der Waals surface area contributed by atoms with Crippen molar-refractivity contribution >= 4 is 15.7 Å². The van der Waals surface area contributed by atoms with E-state index in [0.29, 0.717) is 13.0 Å². The van der Waals surface area contributed by atoms with Crippen LogP contribution < -0.4 is 0 Å². The van der Waals surface area contributed by atoms with Crippen LogP contribution in [0.2, 0.25) is 0 Å². The van der Waals surface area contributed by atoms with Crippen LogP contribution in [0.3, 0.4) is 0 Å². The molecule has 7 heteroatoms. The number of hydrogen-bond donors (Lipinski definition) is 0. The van der Waals surface area contributed by atoms with Crippen LogP contribution in [-0.2, 0) is 28.2 Å². The molecule has 1 aromatic rings. The minimum absolute atomic E-state index is 0.0117. The smallest absolute Gasteiger partial charge is 0.226 e. The summed E-state index contributed by atoms with van der Waals surface area (Å²) in [4.78, 5) is 13.8. The van der Waals surface area contributed by atoms with Gasteiger partial charge < -0.3 is 4.90 Å². The first-order valence-corrected chi connectivity index (χ1v) is 8.05. The molecule has 0 unspecified atom stereocenters. The maximum absolute atomic E-state index is 12.2. The van der Waals surface area contributed by atoms with Gasteiger partial charge in [0.15, 0.2) is 9.84 Å². The minimum atomic E-state index is -3.01. The van der Waals surface area contributed by atoms with Gasteiger partial charge in [0.1, 0.15) is 0 Å². The van der Waals surface area contributed by atoms with Crippen molar-refractivity contribution in [3.63, 3.8) is 0 Å². The van der Waals surface area contributed by atoms with Crippen molar-refractivity contribution in [1.29, 1.82) is 0 Å². The second-order valence-electron chi connectivity index (χ2n) is 5.21. The fourth-order valence-electron chi connectivity index (χ4n) is 2.44. The third kappa shape index (κ3) is 3.15. The van der Waals surface area contributed by atoms with E-state index in [1.165, 1.54) is 0 Å². The third-order valence-corrected chi connectivity index (χ3v) is 5.25. The van der Waals surface area contributed by atoms with Crippen LogP contribution in [0.1, 0.15) is 17.7 Å². The van der Waals surface area contributed by atoms with Gasteiger partial charge in [0.05, 0.1) is 23.1 Å². The van der Waals surface area contributed by atoms with Crippen LogP contribution in [0.25, 0.3) is 0 Å². The highest BCUT2D eigenvalue weighted by Gasteiger charge is 2.34. The molecule has 1 atom stereocenters. The van der Waals surface area contributed by atoms with Crippen molar-refractivity contribution in [2.45, 2.75) is 19.9 Å². The summed E-state index contributed by atoms with van der Waals surface area (Å²) < 4.78 is 24.5. The van der Waals surface area contributed by atoms with E-state index in [4.69, 9.17) is 0 Å². The molecule has 0 spiro atoms. The van der Waals surface area contributed by atoms with Crippen LogP contribution in [0.15, 0.2) is 6.20 Å². The van der Waals surface area contributed by atoms with Gasteiger partial charge in [-0.1, -0.05) is 0 Å². The first-order chi connectivity index (χ1) is 8.78. The predicted molar refractivity (Wildman–Crippen MR) is 71.2 cm³/mol. The first kappa shape index (κ1) is 14.0. The second kappa shape index (κ2) is 4.96. The molecule has 106 valence electrons. The summed E-state index contributed by atoms with van der Waals surface area (Å²) in [5.74, 6) is -0.359. The van der Waals surface area contributed by atoms with E-state index in [1.807, 2.05) is 20.2 Å². The Morgan fingerprint density at radius 2 is 2.26 bits per heavy atom. The first-order valence-electron chi connectivity index (χ1n) is 6.23. The Labute approximate surface area is 113 Å². The quantitative estimate of drug-likeness (QED) is 0.791. The van der Waals surface area contributed by atoms with Crippen LogP contribution in [0.5, 0.6) is 0 Å². The molecule has 1 aliphatic rings. The molecule has 0 aromatic carbocycles. The number of sulfone groups is 1. The molecule has 2 rings (SSSR count). The molecule has 6 nitrogen and oxygen atoms in total. The Kier molecular flexibility index (Phi) is 3.66. The zero-order valence-electron chi connectivity index (χ0n) is 11.5. The topological polar surface area (TPSA) is 72.3 Å². The van der Waals surface area contributed by atoms with Crippen molar-refractivity contribution in [3.05, 3.63) is 17.5 Å². The van der Waals surface area contributed by atoms with Gasteiger partial charge in [0, 0.05) is 32.4 Å². The molecule has 0 aliphatic carbocycles. The van der Waals surface area contributed by atoms with Gasteiger partial charge in [0.25, 0.3) is 0 Å². The third-order valence-electron chi connectivity index (χ3n) is 3.48. The summed E-state index contributed by atoms with van der Waals surface area (Å²) in [6.45, 7) is 2.36. The number of rotatable bonds is 3. The minimum Gasteiger partial charge on any atom is -0.341 e. The Balaban J connectivity index is 2.02. The van der Waals surface area contributed by atoms with Crippen molar-refractivity contribution in [3.8, 4) is 0 Å². The number of carbonyl (C=O) groups is 1. The summed E-state index contributed by atoms with van der Waals surface area (Å²) >= 11 is 0. The molecular formula is C12H19N3O3S. The summed E-state index contributed by atoms with van der Waals surface area (Å²) in [5, 5.41) is 4.23. The monoisotopic (exact) mass is 285 g/mol. The van der Waals surface area contributed by atoms with Gasteiger partial charge in [-0.05, 0) is 13.3 Å². The fourth-order valence-corrected chi connectivity index (χ4v) is 4.17. The van der Waals surface area contributed by atoms with Crippen LogP contribution in [-0.4, -0.2) is 47.6 Å². The predicted octanol–water partition coefficient (Wildman–Crippen LogP) is 0.122. The molecule has 0 radical (unpaired) electrons. The van der Waals surface area contributed by atoms with Gasteiger partial charge in [-0.3, -0.25) is 9.48 Å². The van der Waals surface area contributed by atoms with E-state index in [0.717, 1.165) is 11.3 Å². The summed E-state index contributed by atoms with van der Waals surface area (Å²) in [6, 6.07) is 0. The van der Waals surface area contributed by atoms with Gasteiger partial charge >= 0.3 is 0 Å². The maximum atomic E-state index is 12.2. The number of amides is 1.